The number of imidazole rings is 1. The number of amides is 5. The fraction of sp³-hybridized carbons (Fsp3) is 0.442. The number of hydrogen-bond acceptors (Lipinski definition) is 8. The third kappa shape index (κ3) is 9.22. The van der Waals surface area contributed by atoms with E-state index in [1.165, 1.54) is 14.2 Å². The SMILES string of the molecule is COC(=O)N[C@H](C(=O)N1CCC[C@H]1C(=O)NCc1ccc(-c2ccc3cc(-c4cnc([C@@H]5CCCN5C(=O)[C@@H](NC(=O)OC)C(C)C)[nH]4)ccc3c2)cc1)C(C)C. The highest BCUT2D eigenvalue weighted by molar-refractivity contribution is 5.93. The molecule has 0 radical (unpaired) electrons. The molecule has 4 N–H and O–H groups in total. The van der Waals surface area contributed by atoms with Crippen LogP contribution in [0.4, 0.5) is 9.59 Å². The normalized spacial score (nSPS) is 17.8. The lowest BCUT2D eigenvalue weighted by atomic mass is 9.98. The first-order valence-corrected chi connectivity index (χ1v) is 19.6. The lowest BCUT2D eigenvalue weighted by Gasteiger charge is -2.30. The number of fused-ring (bicyclic) bond motifs is 1. The summed E-state index contributed by atoms with van der Waals surface area (Å²) >= 11 is 0. The Morgan fingerprint density at radius 3 is 1.89 bits per heavy atom. The standard InChI is InChI=1S/C43H53N7O7/c1-25(2)36(47-42(54)56-5)40(52)49-19-7-9-34(49)38-44-24-33(46-38)32-18-17-30-21-29(15-16-31(30)22-32)28-13-11-27(12-14-28)23-45-39(51)35-10-8-20-50(35)41(53)37(26(3)4)48-43(55)57-6/h11-18,21-22,24-26,34-37H,7-10,19-20,23H2,1-6H3,(H,44,46)(H,45,51)(H,47,54)(H,48,55)/t34-,35-,36-,37-/m0/s1. The van der Waals surface area contributed by atoms with Gasteiger partial charge in [-0.15, -0.1) is 0 Å². The molecule has 14 nitrogen and oxygen atoms in total. The van der Waals surface area contributed by atoms with Gasteiger partial charge in [0.15, 0.2) is 0 Å². The largest absolute Gasteiger partial charge is 0.453 e. The van der Waals surface area contributed by atoms with Gasteiger partial charge in [0, 0.05) is 25.2 Å². The summed E-state index contributed by atoms with van der Waals surface area (Å²) in [5.74, 6) is -0.212. The van der Waals surface area contributed by atoms with Crippen molar-refractivity contribution in [3.05, 3.63) is 78.2 Å². The van der Waals surface area contributed by atoms with Gasteiger partial charge in [-0.3, -0.25) is 14.4 Å². The van der Waals surface area contributed by atoms with Gasteiger partial charge in [-0.2, -0.15) is 0 Å². The molecule has 0 aliphatic carbocycles. The first-order valence-electron chi connectivity index (χ1n) is 19.6. The Morgan fingerprint density at radius 2 is 1.28 bits per heavy atom. The Labute approximate surface area is 333 Å². The van der Waals surface area contributed by atoms with Crippen LogP contribution >= 0.6 is 0 Å². The van der Waals surface area contributed by atoms with E-state index in [2.05, 4.69) is 62.3 Å². The molecule has 5 amide bonds. The lowest BCUT2D eigenvalue weighted by Crippen LogP contribution is -2.55. The number of benzene rings is 3. The molecule has 2 fully saturated rings. The van der Waals surface area contributed by atoms with Crippen LogP contribution in [-0.4, -0.2) is 95.1 Å². The highest BCUT2D eigenvalue weighted by Crippen LogP contribution is 2.34. The van der Waals surface area contributed by atoms with Crippen molar-refractivity contribution < 1.29 is 33.4 Å². The van der Waals surface area contributed by atoms with Gasteiger partial charge in [0.2, 0.25) is 17.7 Å². The van der Waals surface area contributed by atoms with Gasteiger partial charge in [-0.05, 0) is 77.1 Å². The summed E-state index contributed by atoms with van der Waals surface area (Å²) in [6.07, 6.45) is 3.38. The number of nitrogens with zero attached hydrogens (tertiary/aromatic N) is 3. The summed E-state index contributed by atoms with van der Waals surface area (Å²) in [5, 5.41) is 10.5. The number of carbonyl (C=O) groups excluding carboxylic acids is 5. The monoisotopic (exact) mass is 779 g/mol. The second-order valence-corrected chi connectivity index (χ2v) is 15.5. The third-order valence-electron chi connectivity index (χ3n) is 11.0. The number of H-pyrrole nitrogens is 1. The Hall–Kier alpha value is -5.92. The average molecular weight is 780 g/mol. The van der Waals surface area contributed by atoms with Gasteiger partial charge in [0.1, 0.15) is 23.9 Å². The number of rotatable bonds is 12. The van der Waals surface area contributed by atoms with Gasteiger partial charge in [0.25, 0.3) is 0 Å². The number of methoxy groups -OCH3 is 2. The minimum absolute atomic E-state index is 0.111. The van der Waals surface area contributed by atoms with E-state index < -0.39 is 30.3 Å². The summed E-state index contributed by atoms with van der Waals surface area (Å²) in [5.41, 5.74) is 4.86. The molecule has 0 saturated carbocycles. The summed E-state index contributed by atoms with van der Waals surface area (Å²) in [6, 6.07) is 18.3. The van der Waals surface area contributed by atoms with Gasteiger partial charge in [0.05, 0.1) is 32.2 Å². The molecule has 6 rings (SSSR count). The number of alkyl carbamates (subject to hydrolysis) is 2. The van der Waals surface area contributed by atoms with Crippen LogP contribution in [0.5, 0.6) is 0 Å². The molecule has 3 aromatic carbocycles. The van der Waals surface area contributed by atoms with Crippen LogP contribution in [0.3, 0.4) is 0 Å². The third-order valence-corrected chi connectivity index (χ3v) is 11.0. The van der Waals surface area contributed by atoms with E-state index in [1.807, 2.05) is 52.0 Å². The number of carbonyl (C=O) groups is 5. The molecule has 14 heteroatoms. The van der Waals surface area contributed by atoms with Crippen LogP contribution in [0.2, 0.25) is 0 Å². The zero-order valence-corrected chi connectivity index (χ0v) is 33.5. The topological polar surface area (TPSA) is 175 Å². The van der Waals surface area contributed by atoms with E-state index >= 15 is 0 Å². The van der Waals surface area contributed by atoms with E-state index in [0.29, 0.717) is 32.5 Å². The Balaban J connectivity index is 1.08. The maximum absolute atomic E-state index is 13.6. The molecule has 302 valence electrons. The van der Waals surface area contributed by atoms with Crippen LogP contribution in [0.15, 0.2) is 66.9 Å². The number of ether oxygens (including phenoxy) is 2. The van der Waals surface area contributed by atoms with Crippen molar-refractivity contribution in [3.8, 4) is 22.4 Å². The van der Waals surface area contributed by atoms with Crippen LogP contribution in [0.25, 0.3) is 33.2 Å². The van der Waals surface area contributed by atoms with Crippen LogP contribution in [0.1, 0.15) is 70.8 Å². The van der Waals surface area contributed by atoms with Crippen molar-refractivity contribution in [3.63, 3.8) is 0 Å². The fourth-order valence-electron chi connectivity index (χ4n) is 7.74. The predicted octanol–water partition coefficient (Wildman–Crippen LogP) is 5.93. The second kappa shape index (κ2) is 17.9. The highest BCUT2D eigenvalue weighted by atomic mass is 16.5. The lowest BCUT2D eigenvalue weighted by molar-refractivity contribution is -0.140. The van der Waals surface area contributed by atoms with Crippen LogP contribution in [0, 0.1) is 11.8 Å². The number of aromatic nitrogens is 2. The zero-order valence-electron chi connectivity index (χ0n) is 33.5. The second-order valence-electron chi connectivity index (χ2n) is 15.5. The summed E-state index contributed by atoms with van der Waals surface area (Å²) in [4.78, 5) is 75.5. The molecule has 4 aromatic rings. The zero-order chi connectivity index (χ0) is 40.8. The summed E-state index contributed by atoms with van der Waals surface area (Å²) < 4.78 is 9.46. The average Bonchev–Trinajstić information content (AvgIpc) is 4.02. The fourth-order valence-corrected chi connectivity index (χ4v) is 7.74. The quantitative estimate of drug-likeness (QED) is 0.137. The van der Waals surface area contributed by atoms with Gasteiger partial charge in [-0.25, -0.2) is 14.6 Å². The van der Waals surface area contributed by atoms with Gasteiger partial charge >= 0.3 is 12.2 Å². The molecule has 0 bridgehead atoms. The molecule has 3 heterocycles. The number of likely N-dealkylation sites (tertiary alicyclic amines) is 2. The molecule has 2 aliphatic heterocycles. The van der Waals surface area contributed by atoms with Crippen molar-refractivity contribution in [1.82, 2.24) is 35.7 Å². The van der Waals surface area contributed by atoms with Crippen molar-refractivity contribution in [2.24, 2.45) is 11.8 Å². The first kappa shape index (κ1) is 40.7. The van der Waals surface area contributed by atoms with E-state index in [9.17, 15) is 24.0 Å². The molecular formula is C43H53N7O7. The van der Waals surface area contributed by atoms with E-state index in [4.69, 9.17) is 9.47 Å². The molecule has 0 spiro atoms. The van der Waals surface area contributed by atoms with Gasteiger partial charge < -0.3 is 40.2 Å². The van der Waals surface area contributed by atoms with E-state index in [-0.39, 0.29) is 35.6 Å². The van der Waals surface area contributed by atoms with Crippen molar-refractivity contribution in [1.29, 1.82) is 0 Å². The Bertz CT molecular complexity index is 2100. The van der Waals surface area contributed by atoms with Crippen molar-refractivity contribution in [2.45, 2.75) is 84.1 Å². The van der Waals surface area contributed by atoms with Gasteiger partial charge in [-0.1, -0.05) is 76.2 Å². The summed E-state index contributed by atoms with van der Waals surface area (Å²) in [7, 11) is 2.54. The van der Waals surface area contributed by atoms with Crippen LogP contribution in [-0.2, 0) is 30.4 Å². The smallest absolute Gasteiger partial charge is 0.407 e. The molecule has 1 aromatic heterocycles. The highest BCUT2D eigenvalue weighted by Gasteiger charge is 2.39. The minimum Gasteiger partial charge on any atom is -0.453 e. The molecular weight excluding hydrogens is 727 g/mol. The number of hydrogen-bond donors (Lipinski definition) is 4. The first-order chi connectivity index (χ1) is 27.4. The van der Waals surface area contributed by atoms with Crippen molar-refractivity contribution in [2.75, 3.05) is 27.3 Å². The van der Waals surface area contributed by atoms with E-state index in [0.717, 1.165) is 57.4 Å². The number of nitrogens with one attached hydrogen (secondary N) is 4. The van der Waals surface area contributed by atoms with Crippen molar-refractivity contribution >= 4 is 40.7 Å². The molecule has 4 atom stereocenters. The molecule has 0 unspecified atom stereocenters. The minimum atomic E-state index is -0.781. The van der Waals surface area contributed by atoms with E-state index in [1.54, 1.807) is 16.0 Å². The Kier molecular flexibility index (Phi) is 12.8. The molecule has 2 aliphatic rings. The molecule has 2 saturated heterocycles. The van der Waals surface area contributed by atoms with Crippen LogP contribution < -0.4 is 16.0 Å². The maximum atomic E-state index is 13.6. The maximum Gasteiger partial charge on any atom is 0.407 e. The summed E-state index contributed by atoms with van der Waals surface area (Å²) in [6.45, 7) is 8.84. The Morgan fingerprint density at radius 1 is 0.737 bits per heavy atom. The number of aromatic amines is 1. The molecule has 57 heavy (non-hydrogen) atoms. The predicted molar refractivity (Wildman–Crippen MR) is 216 cm³/mol.